The van der Waals surface area contributed by atoms with E-state index in [1.54, 1.807) is 23.1 Å². The minimum absolute atomic E-state index is 0.158. The summed E-state index contributed by atoms with van der Waals surface area (Å²) >= 11 is 0. The third kappa shape index (κ3) is 2.45. The van der Waals surface area contributed by atoms with E-state index in [0.29, 0.717) is 18.7 Å². The second-order valence-electron chi connectivity index (χ2n) is 4.37. The van der Waals surface area contributed by atoms with Crippen molar-refractivity contribution >= 4 is 17.3 Å². The fraction of sp³-hybridized carbons (Fsp3) is 0.417. The number of carboxylic acids is 1. The highest BCUT2D eigenvalue weighted by atomic mass is 16.8. The van der Waals surface area contributed by atoms with Gasteiger partial charge in [-0.1, -0.05) is 12.1 Å². The predicted molar refractivity (Wildman–Crippen MR) is 64.8 cm³/mol. The van der Waals surface area contributed by atoms with Crippen molar-refractivity contribution in [1.82, 2.24) is 0 Å². The first-order chi connectivity index (χ1) is 8.61. The standard InChI is InChI=1S/C12H16N2O4/c15-12(16)11-7-3-4-8-13(11)9-5-1-2-6-10(9)14(17)18/h1-2,5-6,11,14,17H,3-4,7-8H2,(H,15,16). The number of nitrogens with one attached hydrogen (secondary N) is 1. The number of hydrogen-bond acceptors (Lipinski definition) is 4. The Labute approximate surface area is 105 Å². The van der Waals surface area contributed by atoms with Gasteiger partial charge in [-0.2, -0.15) is 5.23 Å². The van der Waals surface area contributed by atoms with Crippen LogP contribution in [-0.4, -0.2) is 28.9 Å². The Morgan fingerprint density at radius 3 is 2.78 bits per heavy atom. The van der Waals surface area contributed by atoms with Gasteiger partial charge >= 0.3 is 5.97 Å². The molecule has 0 radical (unpaired) electrons. The fourth-order valence-electron chi connectivity index (χ4n) is 2.38. The number of quaternary nitrogens is 1. The Bertz CT molecular complexity index is 436. The molecule has 3 N–H and O–H groups in total. The van der Waals surface area contributed by atoms with Gasteiger partial charge in [0.2, 0.25) is 0 Å². The molecule has 2 rings (SSSR count). The quantitative estimate of drug-likeness (QED) is 0.683. The molecule has 1 saturated heterocycles. The average Bonchev–Trinajstić information content (AvgIpc) is 2.38. The maximum absolute atomic E-state index is 11.2. The summed E-state index contributed by atoms with van der Waals surface area (Å²) in [6, 6.07) is 5.93. The smallest absolute Gasteiger partial charge is 0.326 e. The summed E-state index contributed by atoms with van der Waals surface area (Å²) in [4.78, 5) is 12.9. The molecule has 18 heavy (non-hydrogen) atoms. The number of rotatable bonds is 3. The van der Waals surface area contributed by atoms with Crippen LogP contribution >= 0.6 is 0 Å². The first-order valence-corrected chi connectivity index (χ1v) is 5.93. The number of benzene rings is 1. The Kier molecular flexibility index (Phi) is 3.81. The van der Waals surface area contributed by atoms with Gasteiger partial charge in [-0.15, -0.1) is 0 Å². The number of hydrogen-bond donors (Lipinski definition) is 3. The molecule has 2 atom stereocenters. The highest BCUT2D eigenvalue weighted by molar-refractivity contribution is 5.80. The van der Waals surface area contributed by atoms with Gasteiger partial charge in [0.1, 0.15) is 11.7 Å². The molecule has 0 spiro atoms. The van der Waals surface area contributed by atoms with E-state index in [9.17, 15) is 15.1 Å². The lowest BCUT2D eigenvalue weighted by Gasteiger charge is -2.35. The third-order valence-corrected chi connectivity index (χ3v) is 3.23. The highest BCUT2D eigenvalue weighted by Crippen LogP contribution is 2.29. The molecule has 1 heterocycles. The summed E-state index contributed by atoms with van der Waals surface area (Å²) in [6.07, 6.45) is 2.31. The summed E-state index contributed by atoms with van der Waals surface area (Å²) in [5.74, 6) is -0.894. The van der Waals surface area contributed by atoms with E-state index in [-0.39, 0.29) is 5.69 Å². The zero-order chi connectivity index (χ0) is 13.1. The van der Waals surface area contributed by atoms with E-state index in [1.807, 2.05) is 0 Å². The number of carboxylic acid groups (broad SMARTS) is 1. The van der Waals surface area contributed by atoms with Crippen molar-refractivity contribution in [2.45, 2.75) is 25.3 Å². The summed E-state index contributed by atoms with van der Waals surface area (Å²) in [5, 5.41) is 28.5. The summed E-state index contributed by atoms with van der Waals surface area (Å²) in [5.41, 5.74) is 0.655. The van der Waals surface area contributed by atoms with Gasteiger partial charge in [0.15, 0.2) is 5.69 Å². The van der Waals surface area contributed by atoms with Gasteiger partial charge in [-0.3, -0.25) is 0 Å². The molecule has 0 aliphatic carbocycles. The molecule has 1 aliphatic heterocycles. The van der Waals surface area contributed by atoms with E-state index < -0.39 is 17.2 Å². The van der Waals surface area contributed by atoms with Crippen LogP contribution in [0.4, 0.5) is 11.4 Å². The maximum atomic E-state index is 11.2. The van der Waals surface area contributed by atoms with Gasteiger partial charge in [0, 0.05) is 12.6 Å². The minimum Gasteiger partial charge on any atom is -0.595 e. The lowest BCUT2D eigenvalue weighted by molar-refractivity contribution is -0.990. The van der Waals surface area contributed by atoms with Gasteiger partial charge in [0.25, 0.3) is 0 Å². The van der Waals surface area contributed by atoms with Crippen LogP contribution in [0.5, 0.6) is 0 Å². The summed E-state index contributed by atoms with van der Waals surface area (Å²) in [6.45, 7) is 0.585. The van der Waals surface area contributed by atoms with Crippen LogP contribution in [0.1, 0.15) is 19.3 Å². The van der Waals surface area contributed by atoms with E-state index in [1.165, 1.54) is 6.07 Å². The van der Waals surface area contributed by atoms with Gasteiger partial charge in [0.05, 0.1) is 0 Å². The molecule has 1 aromatic rings. The van der Waals surface area contributed by atoms with Crippen LogP contribution in [0, 0.1) is 5.21 Å². The topological polar surface area (TPSA) is 88.3 Å². The predicted octanol–water partition coefficient (Wildman–Crippen LogP) is 0.533. The number of carbonyl (C=O) groups is 1. The van der Waals surface area contributed by atoms with Crippen LogP contribution < -0.4 is 10.1 Å². The van der Waals surface area contributed by atoms with Crippen molar-refractivity contribution < 1.29 is 20.3 Å². The SMILES string of the molecule is O=C(O)C1CCCCN1c1ccccc1[NH+]([O-])O. The molecule has 6 heteroatoms. The van der Waals surface area contributed by atoms with E-state index in [4.69, 9.17) is 5.21 Å². The van der Waals surface area contributed by atoms with Crippen molar-refractivity contribution in [3.63, 3.8) is 0 Å². The largest absolute Gasteiger partial charge is 0.595 e. The molecule has 1 aromatic carbocycles. The molecule has 0 saturated carbocycles. The molecule has 0 aromatic heterocycles. The van der Waals surface area contributed by atoms with Gasteiger partial charge in [-0.25, -0.2) is 10.0 Å². The van der Waals surface area contributed by atoms with Crippen LogP contribution in [0.25, 0.3) is 0 Å². The van der Waals surface area contributed by atoms with Gasteiger partial charge in [-0.05, 0) is 25.3 Å². The van der Waals surface area contributed by atoms with Crippen molar-refractivity contribution in [3.05, 3.63) is 29.5 Å². The van der Waals surface area contributed by atoms with E-state index in [2.05, 4.69) is 0 Å². The Hall–Kier alpha value is -1.63. The maximum Gasteiger partial charge on any atom is 0.326 e. The summed E-state index contributed by atoms with van der Waals surface area (Å²) in [7, 11) is 0. The van der Waals surface area contributed by atoms with Crippen LogP contribution in [0.15, 0.2) is 24.3 Å². The molecular formula is C12H16N2O4. The first-order valence-electron chi connectivity index (χ1n) is 5.93. The molecule has 6 nitrogen and oxygen atoms in total. The van der Waals surface area contributed by atoms with E-state index >= 15 is 0 Å². The fourth-order valence-corrected chi connectivity index (χ4v) is 2.38. The van der Waals surface area contributed by atoms with Crippen molar-refractivity contribution in [2.75, 3.05) is 11.4 Å². The molecule has 1 aliphatic rings. The van der Waals surface area contributed by atoms with Crippen molar-refractivity contribution in [2.24, 2.45) is 0 Å². The number of nitrogens with zero attached hydrogens (tertiary/aromatic N) is 1. The second-order valence-corrected chi connectivity index (χ2v) is 4.37. The minimum atomic E-state index is -1.03. The number of anilines is 1. The zero-order valence-corrected chi connectivity index (χ0v) is 9.87. The summed E-state index contributed by atoms with van der Waals surface area (Å²) < 4.78 is 0. The lowest BCUT2D eigenvalue weighted by atomic mass is 10.0. The molecule has 0 bridgehead atoms. The number of para-hydroxylation sites is 2. The molecule has 98 valence electrons. The third-order valence-electron chi connectivity index (χ3n) is 3.23. The van der Waals surface area contributed by atoms with Crippen LogP contribution in [0.2, 0.25) is 0 Å². The highest BCUT2D eigenvalue weighted by Gasteiger charge is 2.31. The Morgan fingerprint density at radius 2 is 2.11 bits per heavy atom. The molecule has 0 amide bonds. The second kappa shape index (κ2) is 5.34. The number of piperidine rings is 1. The number of aliphatic carboxylic acids is 1. The van der Waals surface area contributed by atoms with Crippen LogP contribution in [0.3, 0.4) is 0 Å². The zero-order valence-electron chi connectivity index (χ0n) is 9.87. The monoisotopic (exact) mass is 252 g/mol. The lowest BCUT2D eigenvalue weighted by Crippen LogP contribution is -2.99. The van der Waals surface area contributed by atoms with Crippen molar-refractivity contribution in [3.8, 4) is 0 Å². The van der Waals surface area contributed by atoms with E-state index in [0.717, 1.165) is 12.8 Å². The molecule has 1 fully saturated rings. The van der Waals surface area contributed by atoms with Crippen LogP contribution in [-0.2, 0) is 4.79 Å². The van der Waals surface area contributed by atoms with Gasteiger partial charge < -0.3 is 15.2 Å². The van der Waals surface area contributed by atoms with Crippen molar-refractivity contribution in [1.29, 1.82) is 0 Å². The Morgan fingerprint density at radius 1 is 1.39 bits per heavy atom. The first kappa shape index (κ1) is 12.8. The Balaban J connectivity index is 2.36. The average molecular weight is 252 g/mol. The molecule has 2 unspecified atom stereocenters. The molecular weight excluding hydrogens is 236 g/mol. The normalized spacial score (nSPS) is 21.7.